The van der Waals surface area contributed by atoms with Crippen LogP contribution in [0.3, 0.4) is 0 Å². The fraction of sp³-hybridized carbons (Fsp3) is 0.211. The molecule has 0 spiro atoms. The maximum Gasteiger partial charge on any atom is 0.229 e. The van der Waals surface area contributed by atoms with Gasteiger partial charge in [-0.15, -0.1) is 0 Å². The SMILES string of the molecule is CCOc1ccccc1Nc1nc(C)cc(NCc2ccncc2)n1. The second kappa shape index (κ2) is 8.10. The summed E-state index contributed by atoms with van der Waals surface area (Å²) in [6, 6.07) is 13.6. The van der Waals surface area contributed by atoms with Gasteiger partial charge in [-0.1, -0.05) is 12.1 Å². The number of pyridine rings is 1. The Bertz CT molecular complexity index is 823. The molecule has 25 heavy (non-hydrogen) atoms. The quantitative estimate of drug-likeness (QED) is 0.681. The van der Waals surface area contributed by atoms with Crippen molar-refractivity contribution in [2.24, 2.45) is 0 Å². The van der Waals surface area contributed by atoms with Crippen molar-refractivity contribution in [3.05, 3.63) is 66.1 Å². The van der Waals surface area contributed by atoms with Crippen molar-refractivity contribution in [1.82, 2.24) is 15.0 Å². The van der Waals surface area contributed by atoms with Gasteiger partial charge < -0.3 is 15.4 Å². The van der Waals surface area contributed by atoms with Gasteiger partial charge >= 0.3 is 0 Å². The fourth-order valence-electron chi connectivity index (χ4n) is 2.38. The summed E-state index contributed by atoms with van der Waals surface area (Å²) in [6.45, 7) is 5.18. The van der Waals surface area contributed by atoms with Gasteiger partial charge in [0.25, 0.3) is 0 Å². The Morgan fingerprint density at radius 1 is 1.04 bits per heavy atom. The first kappa shape index (κ1) is 16.7. The van der Waals surface area contributed by atoms with Crippen LogP contribution in [0.1, 0.15) is 18.2 Å². The second-order valence-corrected chi connectivity index (χ2v) is 5.48. The van der Waals surface area contributed by atoms with Gasteiger partial charge in [0.05, 0.1) is 12.3 Å². The predicted octanol–water partition coefficient (Wildman–Crippen LogP) is 3.93. The summed E-state index contributed by atoms with van der Waals surface area (Å²) in [5.41, 5.74) is 2.86. The third-order valence-corrected chi connectivity index (χ3v) is 3.51. The molecule has 128 valence electrons. The topological polar surface area (TPSA) is 72.0 Å². The monoisotopic (exact) mass is 335 g/mol. The number of para-hydroxylation sites is 2. The lowest BCUT2D eigenvalue weighted by Crippen LogP contribution is -2.06. The highest BCUT2D eigenvalue weighted by atomic mass is 16.5. The van der Waals surface area contributed by atoms with Crippen LogP contribution < -0.4 is 15.4 Å². The maximum absolute atomic E-state index is 5.64. The van der Waals surface area contributed by atoms with Crippen molar-refractivity contribution in [3.8, 4) is 5.75 Å². The zero-order valence-corrected chi connectivity index (χ0v) is 14.4. The maximum atomic E-state index is 5.64. The average Bonchev–Trinajstić information content (AvgIpc) is 2.62. The lowest BCUT2D eigenvalue weighted by atomic mass is 10.3. The largest absolute Gasteiger partial charge is 0.492 e. The van der Waals surface area contributed by atoms with Gasteiger partial charge in [0.1, 0.15) is 11.6 Å². The summed E-state index contributed by atoms with van der Waals surface area (Å²) in [7, 11) is 0. The van der Waals surface area contributed by atoms with E-state index in [9.17, 15) is 0 Å². The molecule has 0 aliphatic rings. The van der Waals surface area contributed by atoms with Gasteiger partial charge in [0.15, 0.2) is 0 Å². The standard InChI is InChI=1S/C19H21N5O/c1-3-25-17-7-5-4-6-16(17)23-19-22-14(2)12-18(24-19)21-13-15-8-10-20-11-9-15/h4-12H,3,13H2,1-2H3,(H2,21,22,23,24). The number of nitrogens with one attached hydrogen (secondary N) is 2. The van der Waals surface area contributed by atoms with Crippen molar-refractivity contribution >= 4 is 17.5 Å². The van der Waals surface area contributed by atoms with Crippen molar-refractivity contribution in [3.63, 3.8) is 0 Å². The molecule has 1 aromatic carbocycles. The zero-order valence-electron chi connectivity index (χ0n) is 14.4. The lowest BCUT2D eigenvalue weighted by molar-refractivity contribution is 0.342. The van der Waals surface area contributed by atoms with E-state index in [1.807, 2.05) is 56.3 Å². The van der Waals surface area contributed by atoms with E-state index in [1.165, 1.54) is 0 Å². The second-order valence-electron chi connectivity index (χ2n) is 5.48. The molecule has 2 aromatic heterocycles. The molecule has 0 atom stereocenters. The van der Waals surface area contributed by atoms with Crippen molar-refractivity contribution < 1.29 is 4.74 Å². The average molecular weight is 335 g/mol. The van der Waals surface area contributed by atoms with E-state index >= 15 is 0 Å². The Balaban J connectivity index is 1.75. The molecule has 3 aromatic rings. The summed E-state index contributed by atoms with van der Waals surface area (Å²) in [5, 5.41) is 6.56. The molecule has 0 radical (unpaired) electrons. The predicted molar refractivity (Wildman–Crippen MR) is 99.2 cm³/mol. The summed E-state index contributed by atoms with van der Waals surface area (Å²) in [6.07, 6.45) is 3.56. The van der Waals surface area contributed by atoms with Crippen LogP contribution in [-0.2, 0) is 6.54 Å². The fourth-order valence-corrected chi connectivity index (χ4v) is 2.38. The molecule has 0 saturated carbocycles. The minimum absolute atomic E-state index is 0.532. The number of nitrogens with zero attached hydrogens (tertiary/aromatic N) is 3. The van der Waals surface area contributed by atoms with Gasteiger partial charge in [-0.2, -0.15) is 4.98 Å². The van der Waals surface area contributed by atoms with Crippen LogP contribution in [0.5, 0.6) is 5.75 Å². The summed E-state index contributed by atoms with van der Waals surface area (Å²) in [5.74, 6) is 2.08. The number of ether oxygens (including phenoxy) is 1. The number of rotatable bonds is 7. The van der Waals surface area contributed by atoms with E-state index < -0.39 is 0 Å². The minimum Gasteiger partial charge on any atom is -0.492 e. The molecule has 2 heterocycles. The van der Waals surface area contributed by atoms with Crippen LogP contribution >= 0.6 is 0 Å². The van der Waals surface area contributed by atoms with Crippen LogP contribution in [0, 0.1) is 6.92 Å². The van der Waals surface area contributed by atoms with Crippen molar-refractivity contribution in [2.45, 2.75) is 20.4 Å². The Morgan fingerprint density at radius 2 is 1.84 bits per heavy atom. The first-order valence-electron chi connectivity index (χ1n) is 8.22. The summed E-state index contributed by atoms with van der Waals surface area (Å²) < 4.78 is 5.64. The Kier molecular flexibility index (Phi) is 5.41. The molecular weight excluding hydrogens is 314 g/mol. The number of benzene rings is 1. The van der Waals surface area contributed by atoms with E-state index in [1.54, 1.807) is 12.4 Å². The molecule has 0 bridgehead atoms. The third-order valence-electron chi connectivity index (χ3n) is 3.51. The highest BCUT2D eigenvalue weighted by Crippen LogP contribution is 2.26. The first-order valence-corrected chi connectivity index (χ1v) is 8.22. The van der Waals surface area contributed by atoms with Crippen LogP contribution in [0.2, 0.25) is 0 Å². The van der Waals surface area contributed by atoms with Crippen LogP contribution in [0.15, 0.2) is 54.9 Å². The highest BCUT2D eigenvalue weighted by Gasteiger charge is 2.07. The normalized spacial score (nSPS) is 10.3. The van der Waals surface area contributed by atoms with Gasteiger partial charge in [-0.3, -0.25) is 4.98 Å². The number of hydrogen-bond acceptors (Lipinski definition) is 6. The number of aromatic nitrogens is 3. The van der Waals surface area contributed by atoms with Crippen molar-refractivity contribution in [2.75, 3.05) is 17.2 Å². The summed E-state index contributed by atoms with van der Waals surface area (Å²) >= 11 is 0. The Labute approximate surface area is 147 Å². The van der Waals surface area contributed by atoms with E-state index in [4.69, 9.17) is 4.74 Å². The molecule has 6 heteroatoms. The van der Waals surface area contributed by atoms with E-state index in [2.05, 4.69) is 25.6 Å². The van der Waals surface area contributed by atoms with Crippen molar-refractivity contribution in [1.29, 1.82) is 0 Å². The first-order chi connectivity index (χ1) is 12.2. The molecule has 0 fully saturated rings. The molecular formula is C19H21N5O. The molecule has 0 unspecified atom stereocenters. The zero-order chi connectivity index (χ0) is 17.5. The summed E-state index contributed by atoms with van der Waals surface area (Å²) in [4.78, 5) is 13.0. The van der Waals surface area contributed by atoms with Crippen LogP contribution in [0.25, 0.3) is 0 Å². The van der Waals surface area contributed by atoms with Gasteiger partial charge in [0.2, 0.25) is 5.95 Å². The molecule has 0 aliphatic heterocycles. The van der Waals surface area contributed by atoms with Crippen LogP contribution in [0.4, 0.5) is 17.5 Å². The molecule has 0 saturated heterocycles. The number of anilines is 3. The Hall–Kier alpha value is -3.15. The van der Waals surface area contributed by atoms with E-state index in [0.29, 0.717) is 19.1 Å². The highest BCUT2D eigenvalue weighted by molar-refractivity contribution is 5.63. The molecule has 0 aliphatic carbocycles. The Morgan fingerprint density at radius 3 is 2.64 bits per heavy atom. The molecule has 0 amide bonds. The van der Waals surface area contributed by atoms with E-state index in [-0.39, 0.29) is 0 Å². The molecule has 6 nitrogen and oxygen atoms in total. The van der Waals surface area contributed by atoms with Gasteiger partial charge in [0, 0.05) is 30.7 Å². The third kappa shape index (κ3) is 4.67. The smallest absolute Gasteiger partial charge is 0.229 e. The minimum atomic E-state index is 0.532. The van der Waals surface area contributed by atoms with Gasteiger partial charge in [-0.25, -0.2) is 4.98 Å². The van der Waals surface area contributed by atoms with Crippen LogP contribution in [-0.4, -0.2) is 21.6 Å². The van der Waals surface area contributed by atoms with E-state index in [0.717, 1.165) is 28.5 Å². The lowest BCUT2D eigenvalue weighted by Gasteiger charge is -2.13. The molecule has 3 rings (SSSR count). The molecule has 2 N–H and O–H groups in total. The number of hydrogen-bond donors (Lipinski definition) is 2. The van der Waals surface area contributed by atoms with Gasteiger partial charge in [-0.05, 0) is 43.7 Å². The number of aryl methyl sites for hydroxylation is 1.